The Labute approximate surface area is 122 Å². The summed E-state index contributed by atoms with van der Waals surface area (Å²) in [4.78, 5) is 10.8. The fourth-order valence-electron chi connectivity index (χ4n) is 1.91. The molecule has 2 aromatic rings. The molecule has 0 heterocycles. The summed E-state index contributed by atoms with van der Waals surface area (Å²) in [6, 6.07) is 13.4. The molecule has 0 bridgehead atoms. The van der Waals surface area contributed by atoms with Crippen molar-refractivity contribution in [1.29, 1.82) is 0 Å². The van der Waals surface area contributed by atoms with Gasteiger partial charge in [-0.25, -0.2) is 0 Å². The van der Waals surface area contributed by atoms with Gasteiger partial charge < -0.3 is 10.8 Å². The SMILES string of the molecule is NC(=O)/C=C\c1cc(Cc2ccccc2)cc(Cl)c1O. The summed E-state index contributed by atoms with van der Waals surface area (Å²) < 4.78 is 0. The van der Waals surface area contributed by atoms with Crippen molar-refractivity contribution >= 4 is 23.6 Å². The van der Waals surface area contributed by atoms with Crippen LogP contribution >= 0.6 is 11.6 Å². The minimum absolute atomic E-state index is 0.0546. The second-order valence-corrected chi connectivity index (χ2v) is 4.82. The van der Waals surface area contributed by atoms with Crippen LogP contribution < -0.4 is 5.73 Å². The topological polar surface area (TPSA) is 63.3 Å². The van der Waals surface area contributed by atoms with Crippen molar-refractivity contribution in [3.63, 3.8) is 0 Å². The molecule has 2 aromatic carbocycles. The lowest BCUT2D eigenvalue weighted by Crippen LogP contribution is -2.05. The highest BCUT2D eigenvalue weighted by atomic mass is 35.5. The van der Waals surface area contributed by atoms with Gasteiger partial charge >= 0.3 is 0 Å². The predicted octanol–water partition coefficient (Wildman–Crippen LogP) is 3.13. The van der Waals surface area contributed by atoms with Gasteiger partial charge in [0.1, 0.15) is 5.75 Å². The van der Waals surface area contributed by atoms with Gasteiger partial charge in [-0.3, -0.25) is 4.79 Å². The van der Waals surface area contributed by atoms with E-state index in [1.54, 1.807) is 12.1 Å². The number of hydrogen-bond donors (Lipinski definition) is 2. The van der Waals surface area contributed by atoms with Crippen LogP contribution in [0.3, 0.4) is 0 Å². The Kier molecular flexibility index (Phi) is 4.43. The molecule has 102 valence electrons. The van der Waals surface area contributed by atoms with Crippen molar-refractivity contribution in [1.82, 2.24) is 0 Å². The molecular formula is C16H14ClNO2. The van der Waals surface area contributed by atoms with Crippen LogP contribution in [0.25, 0.3) is 6.08 Å². The minimum atomic E-state index is -0.575. The molecule has 3 N–H and O–H groups in total. The third-order valence-corrected chi connectivity index (χ3v) is 3.12. The number of carbonyl (C=O) groups is 1. The summed E-state index contributed by atoms with van der Waals surface area (Å²) in [5.41, 5.74) is 7.61. The molecule has 1 amide bonds. The summed E-state index contributed by atoms with van der Waals surface area (Å²) in [7, 11) is 0. The smallest absolute Gasteiger partial charge is 0.241 e. The summed E-state index contributed by atoms with van der Waals surface area (Å²) in [5, 5.41) is 10.1. The molecule has 0 aromatic heterocycles. The third kappa shape index (κ3) is 3.62. The van der Waals surface area contributed by atoms with Crippen molar-refractivity contribution < 1.29 is 9.90 Å². The first kappa shape index (κ1) is 14.2. The van der Waals surface area contributed by atoms with Crippen LogP contribution in [0.2, 0.25) is 5.02 Å². The van der Waals surface area contributed by atoms with Gasteiger partial charge in [0.15, 0.2) is 0 Å². The normalized spacial score (nSPS) is 10.8. The molecule has 3 nitrogen and oxygen atoms in total. The number of phenols is 1. The van der Waals surface area contributed by atoms with Gasteiger partial charge in [-0.2, -0.15) is 0 Å². The Bertz CT molecular complexity index is 651. The minimum Gasteiger partial charge on any atom is -0.506 e. The van der Waals surface area contributed by atoms with Crippen LogP contribution in [0, 0.1) is 0 Å². The van der Waals surface area contributed by atoms with E-state index in [1.807, 2.05) is 30.3 Å². The quantitative estimate of drug-likeness (QED) is 0.849. The first-order chi connectivity index (χ1) is 9.56. The van der Waals surface area contributed by atoms with Gasteiger partial charge in [0, 0.05) is 11.6 Å². The van der Waals surface area contributed by atoms with Crippen LogP contribution in [0.4, 0.5) is 0 Å². The molecule has 0 atom stereocenters. The molecule has 0 aliphatic heterocycles. The predicted molar refractivity (Wildman–Crippen MR) is 80.6 cm³/mol. The van der Waals surface area contributed by atoms with E-state index in [9.17, 15) is 9.90 Å². The molecule has 0 unspecified atom stereocenters. The molecule has 0 saturated carbocycles. The van der Waals surface area contributed by atoms with Crippen molar-refractivity contribution in [2.75, 3.05) is 0 Å². The number of aromatic hydroxyl groups is 1. The van der Waals surface area contributed by atoms with Gasteiger partial charge in [-0.1, -0.05) is 41.9 Å². The van der Waals surface area contributed by atoms with E-state index in [-0.39, 0.29) is 10.8 Å². The molecule has 4 heteroatoms. The van der Waals surface area contributed by atoms with Gasteiger partial charge in [0.05, 0.1) is 5.02 Å². The summed E-state index contributed by atoms with van der Waals surface area (Å²) in [6.07, 6.45) is 3.34. The fourth-order valence-corrected chi connectivity index (χ4v) is 2.16. The maximum absolute atomic E-state index is 10.8. The van der Waals surface area contributed by atoms with Crippen molar-refractivity contribution in [2.45, 2.75) is 6.42 Å². The van der Waals surface area contributed by atoms with Crippen LogP contribution in [0.1, 0.15) is 16.7 Å². The molecule has 0 fully saturated rings. The van der Waals surface area contributed by atoms with E-state index in [2.05, 4.69) is 0 Å². The molecule has 2 rings (SSSR count). The highest BCUT2D eigenvalue weighted by Gasteiger charge is 2.07. The van der Waals surface area contributed by atoms with E-state index in [0.29, 0.717) is 12.0 Å². The Morgan fingerprint density at radius 3 is 2.55 bits per heavy atom. The van der Waals surface area contributed by atoms with E-state index >= 15 is 0 Å². The lowest BCUT2D eigenvalue weighted by molar-refractivity contribution is -0.113. The Hall–Kier alpha value is -2.26. The average molecular weight is 288 g/mol. The second kappa shape index (κ2) is 6.26. The molecule has 0 aliphatic carbocycles. The van der Waals surface area contributed by atoms with Crippen LogP contribution in [0.5, 0.6) is 5.75 Å². The number of amides is 1. The zero-order chi connectivity index (χ0) is 14.5. The van der Waals surface area contributed by atoms with Gasteiger partial charge in [0.25, 0.3) is 0 Å². The fraction of sp³-hybridized carbons (Fsp3) is 0.0625. The monoisotopic (exact) mass is 287 g/mol. The van der Waals surface area contributed by atoms with Gasteiger partial charge in [-0.15, -0.1) is 0 Å². The Balaban J connectivity index is 2.33. The molecule has 20 heavy (non-hydrogen) atoms. The maximum atomic E-state index is 10.8. The molecule has 0 radical (unpaired) electrons. The zero-order valence-electron chi connectivity index (χ0n) is 10.7. The number of phenolic OH excluding ortho intramolecular Hbond substituents is 1. The number of rotatable bonds is 4. The highest BCUT2D eigenvalue weighted by Crippen LogP contribution is 2.30. The van der Waals surface area contributed by atoms with E-state index < -0.39 is 5.91 Å². The van der Waals surface area contributed by atoms with Crippen molar-refractivity contribution in [3.05, 3.63) is 70.3 Å². The maximum Gasteiger partial charge on any atom is 0.241 e. The highest BCUT2D eigenvalue weighted by molar-refractivity contribution is 6.32. The van der Waals surface area contributed by atoms with Crippen LogP contribution in [-0.2, 0) is 11.2 Å². The molecule has 0 spiro atoms. The first-order valence-corrected chi connectivity index (χ1v) is 6.47. The Morgan fingerprint density at radius 1 is 1.20 bits per heavy atom. The number of benzene rings is 2. The summed E-state index contributed by atoms with van der Waals surface area (Å²) >= 11 is 6.00. The second-order valence-electron chi connectivity index (χ2n) is 4.41. The lowest BCUT2D eigenvalue weighted by Gasteiger charge is -2.07. The standard InChI is InChI=1S/C16H14ClNO2/c17-14-10-12(8-11-4-2-1-3-5-11)9-13(16(14)20)6-7-15(18)19/h1-7,9-10,20H,8H2,(H2,18,19)/b7-6-. The number of hydrogen-bond acceptors (Lipinski definition) is 2. The van der Waals surface area contributed by atoms with E-state index in [0.717, 1.165) is 11.1 Å². The molecule has 0 aliphatic rings. The summed E-state index contributed by atoms with van der Waals surface area (Å²) in [5.74, 6) is -0.630. The van der Waals surface area contributed by atoms with E-state index in [4.69, 9.17) is 17.3 Å². The molecular weight excluding hydrogens is 274 g/mol. The first-order valence-electron chi connectivity index (χ1n) is 6.09. The average Bonchev–Trinajstić information content (AvgIpc) is 2.42. The number of primary amides is 1. The largest absolute Gasteiger partial charge is 0.506 e. The number of nitrogens with two attached hydrogens (primary N) is 1. The lowest BCUT2D eigenvalue weighted by atomic mass is 10.0. The van der Waals surface area contributed by atoms with Crippen LogP contribution in [-0.4, -0.2) is 11.0 Å². The number of halogens is 1. The third-order valence-electron chi connectivity index (χ3n) is 2.83. The van der Waals surface area contributed by atoms with E-state index in [1.165, 1.54) is 12.2 Å². The zero-order valence-corrected chi connectivity index (χ0v) is 11.5. The van der Waals surface area contributed by atoms with Crippen molar-refractivity contribution in [3.8, 4) is 5.75 Å². The number of carbonyl (C=O) groups excluding carboxylic acids is 1. The van der Waals surface area contributed by atoms with Gasteiger partial charge in [0.2, 0.25) is 5.91 Å². The van der Waals surface area contributed by atoms with Gasteiger partial charge in [-0.05, 0) is 35.8 Å². The van der Waals surface area contributed by atoms with Crippen molar-refractivity contribution in [2.24, 2.45) is 5.73 Å². The summed E-state index contributed by atoms with van der Waals surface area (Å²) in [6.45, 7) is 0. The van der Waals surface area contributed by atoms with Crippen LogP contribution in [0.15, 0.2) is 48.5 Å². The molecule has 0 saturated heterocycles. The Morgan fingerprint density at radius 2 is 1.90 bits per heavy atom.